The Morgan fingerprint density at radius 3 is 2.76 bits per heavy atom. The number of carbonyl (C=O) groups is 5. The van der Waals surface area contributed by atoms with Gasteiger partial charge in [0.25, 0.3) is 11.8 Å². The first kappa shape index (κ1) is 26.8. The summed E-state index contributed by atoms with van der Waals surface area (Å²) >= 11 is 2.25. The Morgan fingerprint density at radius 2 is 2.15 bits per heavy atom. The molecule has 33 heavy (non-hydrogen) atoms. The van der Waals surface area contributed by atoms with E-state index >= 15 is 0 Å². The third-order valence-electron chi connectivity index (χ3n) is 4.30. The number of hydrogen-bond donors (Lipinski definition) is 2. The molecule has 1 aromatic rings. The topological polar surface area (TPSA) is 179 Å². The first-order valence-corrected chi connectivity index (χ1v) is 10.8. The molecule has 16 heteroatoms. The van der Waals surface area contributed by atoms with Crippen molar-refractivity contribution in [2.45, 2.75) is 18.3 Å². The number of oxime groups is 1. The molecule has 0 radical (unpaired) electrons. The minimum absolute atomic E-state index is 0. The van der Waals surface area contributed by atoms with Gasteiger partial charge in [0.05, 0.1) is 11.7 Å². The van der Waals surface area contributed by atoms with Crippen LogP contribution in [0.4, 0.5) is 5.13 Å². The Bertz CT molecular complexity index is 1040. The number of thiazole rings is 1. The molecule has 2 aliphatic heterocycles. The smallest absolute Gasteiger partial charge is 0.543 e. The largest absolute Gasteiger partial charge is 1.00 e. The van der Waals surface area contributed by atoms with Gasteiger partial charge in [-0.3, -0.25) is 24.1 Å². The number of aliphatic carboxylic acids is 1. The van der Waals surface area contributed by atoms with Crippen LogP contribution in [-0.2, 0) is 33.5 Å². The number of β-lactam (4-membered cyclic amide) rings is 1. The van der Waals surface area contributed by atoms with Crippen LogP contribution in [0, 0.1) is 0 Å². The quantitative estimate of drug-likeness (QED) is 0.0824. The minimum Gasteiger partial charge on any atom is -0.543 e. The van der Waals surface area contributed by atoms with Gasteiger partial charge in [0.1, 0.15) is 30.8 Å². The van der Waals surface area contributed by atoms with Crippen molar-refractivity contribution in [2.24, 2.45) is 5.16 Å². The van der Waals surface area contributed by atoms with Gasteiger partial charge in [-0.05, 0) is 0 Å². The number of carboxylic acids is 1. The first-order valence-electron chi connectivity index (χ1n) is 8.88. The number of rotatable bonds is 9. The maximum Gasteiger partial charge on any atom is 1.00 e. The Labute approximate surface area is 217 Å². The van der Waals surface area contributed by atoms with Crippen LogP contribution in [0.25, 0.3) is 0 Å². The zero-order valence-corrected chi connectivity index (χ0v) is 21.3. The maximum absolute atomic E-state index is 12.8. The summed E-state index contributed by atoms with van der Waals surface area (Å²) in [7, 11) is 1.22. The molecule has 0 aliphatic carbocycles. The summed E-state index contributed by atoms with van der Waals surface area (Å²) in [5, 5.41) is 21.1. The molecule has 1 aromatic heterocycles. The molecule has 1 fully saturated rings. The second-order valence-electron chi connectivity index (χ2n) is 6.30. The molecule has 170 valence electrons. The number of carboxylic acid groups (broad SMARTS) is 1. The number of hydrogen-bond acceptors (Lipinski definition) is 12. The van der Waals surface area contributed by atoms with Crippen LogP contribution in [0.5, 0.6) is 0 Å². The second-order valence-corrected chi connectivity index (χ2v) is 8.27. The van der Waals surface area contributed by atoms with E-state index in [0.717, 1.165) is 16.2 Å². The predicted molar refractivity (Wildman–Crippen MR) is 109 cm³/mol. The fourth-order valence-electron chi connectivity index (χ4n) is 2.98. The van der Waals surface area contributed by atoms with E-state index in [2.05, 4.69) is 20.8 Å². The number of thioether (sulfide) groups is 1. The molecule has 0 spiro atoms. The number of amides is 3. The monoisotopic (exact) mass is 505 g/mol. The average Bonchev–Trinajstić information content (AvgIpc) is 3.21. The summed E-state index contributed by atoms with van der Waals surface area (Å²) in [6.45, 7) is 0.892. The molecule has 1 saturated heterocycles. The summed E-state index contributed by atoms with van der Waals surface area (Å²) in [5.41, 5.74) is -0.280. The van der Waals surface area contributed by atoms with Gasteiger partial charge in [0.15, 0.2) is 10.8 Å². The summed E-state index contributed by atoms with van der Waals surface area (Å²) in [5.74, 6) is -3.48. The summed E-state index contributed by atoms with van der Waals surface area (Å²) in [4.78, 5) is 68.4. The molecule has 3 amide bonds. The summed E-state index contributed by atoms with van der Waals surface area (Å²) in [6, 6.07) is -1.04. The van der Waals surface area contributed by atoms with Gasteiger partial charge < -0.3 is 30.1 Å². The number of ether oxygens (including phenoxy) is 1. The molecular weight excluding hydrogens is 489 g/mol. The van der Waals surface area contributed by atoms with Gasteiger partial charge in [-0.25, -0.2) is 4.98 Å². The van der Waals surface area contributed by atoms with Crippen molar-refractivity contribution in [3.05, 3.63) is 22.3 Å². The molecule has 2 atom stereocenters. The van der Waals surface area contributed by atoms with Crippen LogP contribution in [0.15, 0.2) is 21.8 Å². The number of aromatic nitrogens is 1. The van der Waals surface area contributed by atoms with Crippen molar-refractivity contribution >= 4 is 64.1 Å². The Morgan fingerprint density at radius 1 is 1.42 bits per heavy atom. The molecule has 3 rings (SSSR count). The van der Waals surface area contributed by atoms with Crippen molar-refractivity contribution in [2.75, 3.05) is 24.8 Å². The van der Waals surface area contributed by atoms with Gasteiger partial charge >= 0.3 is 35.5 Å². The molecular formula is C17H16N5NaO8S2. The third-order valence-corrected chi connectivity index (χ3v) is 6.42. The number of anilines is 1. The molecule has 13 nitrogen and oxygen atoms in total. The Hall–Kier alpha value is -2.46. The van der Waals surface area contributed by atoms with Crippen LogP contribution < -0.4 is 45.3 Å². The van der Waals surface area contributed by atoms with Gasteiger partial charge in [0.2, 0.25) is 6.41 Å². The van der Waals surface area contributed by atoms with Crippen molar-refractivity contribution in [1.29, 1.82) is 0 Å². The molecule has 2 N–H and O–H groups in total. The second kappa shape index (κ2) is 11.6. The van der Waals surface area contributed by atoms with Crippen molar-refractivity contribution in [3.8, 4) is 0 Å². The van der Waals surface area contributed by atoms with E-state index in [0.29, 0.717) is 6.41 Å². The summed E-state index contributed by atoms with van der Waals surface area (Å²) < 4.78 is 4.85. The van der Waals surface area contributed by atoms with Crippen LogP contribution in [0.2, 0.25) is 0 Å². The normalized spacial score (nSPS) is 19.5. The number of nitrogens with zero attached hydrogens (tertiary/aromatic N) is 3. The molecule has 1 unspecified atom stereocenters. The maximum atomic E-state index is 12.8. The van der Waals surface area contributed by atoms with E-state index in [9.17, 15) is 29.1 Å². The Kier molecular flexibility index (Phi) is 9.42. The fraction of sp³-hybridized carbons (Fsp3) is 0.353. The van der Waals surface area contributed by atoms with E-state index in [4.69, 9.17) is 9.57 Å². The van der Waals surface area contributed by atoms with Crippen LogP contribution in [0.3, 0.4) is 0 Å². The van der Waals surface area contributed by atoms with Crippen molar-refractivity contribution in [3.63, 3.8) is 0 Å². The number of carbonyl (C=O) groups excluding carboxylic acids is 5. The summed E-state index contributed by atoms with van der Waals surface area (Å²) in [6.07, 6.45) is 0.426. The number of fused-ring (bicyclic) bond motifs is 1. The fourth-order valence-corrected chi connectivity index (χ4v) is 4.96. The average molecular weight is 505 g/mol. The first-order chi connectivity index (χ1) is 15.3. The van der Waals surface area contributed by atoms with Crippen LogP contribution >= 0.6 is 23.1 Å². The van der Waals surface area contributed by atoms with Crippen molar-refractivity contribution in [1.82, 2.24) is 15.2 Å². The van der Waals surface area contributed by atoms with E-state index in [1.165, 1.54) is 31.2 Å². The number of nitrogens with one attached hydrogen (secondary N) is 2. The SMILES string of the molecule is CON=C(C(=O)NC1C(=O)N2C(C(=O)[O-])=C(COC(C)=O)CS[C@@H]12)c1csc(NC=O)n1.[Na+]. The molecule has 0 bridgehead atoms. The predicted octanol–water partition coefficient (Wildman–Crippen LogP) is -4.97. The van der Waals surface area contributed by atoms with Gasteiger partial charge in [-0.1, -0.05) is 5.16 Å². The number of esters is 1. The van der Waals surface area contributed by atoms with E-state index < -0.39 is 35.2 Å². The standard InChI is InChI=1S/C17H17N5O8S2.Na/c1-7(24)30-3-8-4-31-15-11(14(26)22(15)12(8)16(27)28)20-13(25)10(21-29-2)9-5-32-17(19-9)18-6-23;/h5-6,11,15H,3-4H2,1-2H3,(H,20,25)(H,27,28)(H,18,19,23);/q;+1/p-1/t11?,15-;/m0./s1. The van der Waals surface area contributed by atoms with Gasteiger partial charge in [-0.2, -0.15) is 0 Å². The molecule has 2 aliphatic rings. The Balaban J connectivity index is 0.00000385. The zero-order chi connectivity index (χ0) is 23.4. The van der Waals surface area contributed by atoms with Gasteiger partial charge in [-0.15, -0.1) is 23.1 Å². The molecule has 3 heterocycles. The van der Waals surface area contributed by atoms with E-state index in [-0.39, 0.29) is 69.7 Å². The van der Waals surface area contributed by atoms with Crippen LogP contribution in [-0.4, -0.2) is 76.6 Å². The van der Waals surface area contributed by atoms with E-state index in [1.807, 2.05) is 0 Å². The van der Waals surface area contributed by atoms with E-state index in [1.54, 1.807) is 0 Å². The van der Waals surface area contributed by atoms with Crippen molar-refractivity contribution < 1.29 is 68.2 Å². The van der Waals surface area contributed by atoms with Crippen LogP contribution in [0.1, 0.15) is 12.6 Å². The molecule has 0 saturated carbocycles. The zero-order valence-electron chi connectivity index (χ0n) is 17.6. The van der Waals surface area contributed by atoms with Gasteiger partial charge in [0, 0.05) is 23.6 Å². The third kappa shape index (κ3) is 5.73. The molecule has 0 aromatic carbocycles. The minimum atomic E-state index is -1.59.